The molecular weight excluding hydrogens is 229 g/mol. The molecule has 1 aromatic carbocycles. The van der Waals surface area contributed by atoms with Crippen LogP contribution in [0.25, 0.3) is 0 Å². The molecule has 102 valence electrons. The van der Waals surface area contributed by atoms with E-state index in [9.17, 15) is 4.39 Å². The van der Waals surface area contributed by atoms with Crippen molar-refractivity contribution in [3.05, 3.63) is 29.6 Å². The topological polar surface area (TPSA) is 35.2 Å². The molecule has 0 aliphatic heterocycles. The highest BCUT2D eigenvalue weighted by Gasteiger charge is 2.24. The van der Waals surface area contributed by atoms with Gasteiger partial charge in [0.05, 0.1) is 7.11 Å². The van der Waals surface area contributed by atoms with Gasteiger partial charge in [0.25, 0.3) is 0 Å². The van der Waals surface area contributed by atoms with Gasteiger partial charge in [0.2, 0.25) is 0 Å². The highest BCUT2D eigenvalue weighted by atomic mass is 19.1. The Bertz CT molecular complexity index is 381. The molecule has 0 heterocycles. The molecule has 1 unspecified atom stereocenters. The number of benzene rings is 1. The van der Waals surface area contributed by atoms with Crippen molar-refractivity contribution >= 4 is 0 Å². The van der Waals surface area contributed by atoms with E-state index in [2.05, 4.69) is 13.8 Å². The fourth-order valence-electron chi connectivity index (χ4n) is 2.15. The zero-order valence-corrected chi connectivity index (χ0v) is 11.6. The molecule has 1 atom stereocenters. The predicted molar refractivity (Wildman–Crippen MR) is 73.4 cm³/mol. The highest BCUT2D eigenvalue weighted by molar-refractivity contribution is 5.32. The van der Waals surface area contributed by atoms with Gasteiger partial charge >= 0.3 is 0 Å². The molecule has 0 aliphatic carbocycles. The van der Waals surface area contributed by atoms with Crippen LogP contribution in [-0.2, 0) is 6.42 Å². The number of hydrogen-bond acceptors (Lipinski definition) is 2. The van der Waals surface area contributed by atoms with Gasteiger partial charge in [-0.05, 0) is 30.9 Å². The lowest BCUT2D eigenvalue weighted by molar-refractivity contribution is 0.351. The summed E-state index contributed by atoms with van der Waals surface area (Å²) in [6.07, 6.45) is 4.53. The van der Waals surface area contributed by atoms with Crippen LogP contribution in [0.2, 0.25) is 0 Å². The molecule has 0 spiro atoms. The lowest BCUT2D eigenvalue weighted by Crippen LogP contribution is -2.41. The van der Waals surface area contributed by atoms with E-state index in [1.54, 1.807) is 12.1 Å². The summed E-state index contributed by atoms with van der Waals surface area (Å²) in [5, 5.41) is 0. The summed E-state index contributed by atoms with van der Waals surface area (Å²) < 4.78 is 19.1. The third-order valence-corrected chi connectivity index (χ3v) is 3.54. The van der Waals surface area contributed by atoms with Crippen molar-refractivity contribution in [2.24, 2.45) is 5.73 Å². The van der Waals surface area contributed by atoms with Gasteiger partial charge in [-0.2, -0.15) is 0 Å². The molecule has 0 bridgehead atoms. The Hall–Kier alpha value is -1.09. The first-order valence-electron chi connectivity index (χ1n) is 6.66. The minimum atomic E-state index is -0.316. The molecule has 0 radical (unpaired) electrons. The van der Waals surface area contributed by atoms with Crippen molar-refractivity contribution < 1.29 is 9.13 Å². The molecule has 0 amide bonds. The second-order valence-electron chi connectivity index (χ2n) is 4.93. The SMILES string of the molecule is CCCCC(N)(CC)Cc1cccc(OC)c1F. The fourth-order valence-corrected chi connectivity index (χ4v) is 2.15. The summed E-state index contributed by atoms with van der Waals surface area (Å²) in [5.41, 5.74) is 6.70. The monoisotopic (exact) mass is 253 g/mol. The first-order valence-corrected chi connectivity index (χ1v) is 6.66. The zero-order chi connectivity index (χ0) is 13.6. The van der Waals surface area contributed by atoms with Crippen LogP contribution in [0.1, 0.15) is 45.1 Å². The summed E-state index contributed by atoms with van der Waals surface area (Å²) in [4.78, 5) is 0. The van der Waals surface area contributed by atoms with E-state index in [4.69, 9.17) is 10.5 Å². The highest BCUT2D eigenvalue weighted by Crippen LogP contribution is 2.26. The molecule has 3 heteroatoms. The number of ether oxygens (including phenoxy) is 1. The van der Waals surface area contributed by atoms with Gasteiger partial charge in [0, 0.05) is 5.54 Å². The first-order chi connectivity index (χ1) is 8.56. The van der Waals surface area contributed by atoms with E-state index in [1.807, 2.05) is 6.07 Å². The lowest BCUT2D eigenvalue weighted by Gasteiger charge is -2.28. The van der Waals surface area contributed by atoms with Crippen LogP contribution >= 0.6 is 0 Å². The molecule has 18 heavy (non-hydrogen) atoms. The van der Waals surface area contributed by atoms with Gasteiger partial charge in [-0.25, -0.2) is 4.39 Å². The van der Waals surface area contributed by atoms with E-state index < -0.39 is 0 Å². The Balaban J connectivity index is 2.87. The lowest BCUT2D eigenvalue weighted by atomic mass is 9.84. The Kier molecular flexibility index (Phi) is 5.60. The molecule has 1 rings (SSSR count). The third kappa shape index (κ3) is 3.70. The second-order valence-corrected chi connectivity index (χ2v) is 4.93. The number of unbranched alkanes of at least 4 members (excludes halogenated alkanes) is 1. The van der Waals surface area contributed by atoms with Crippen LogP contribution in [0.3, 0.4) is 0 Å². The molecule has 2 N–H and O–H groups in total. The van der Waals surface area contributed by atoms with Crippen LogP contribution in [0.4, 0.5) is 4.39 Å². The minimum absolute atomic E-state index is 0.278. The maximum Gasteiger partial charge on any atom is 0.168 e. The summed E-state index contributed by atoms with van der Waals surface area (Å²) in [6.45, 7) is 4.20. The van der Waals surface area contributed by atoms with E-state index in [0.29, 0.717) is 17.7 Å². The molecule has 0 aliphatic rings. The molecule has 0 fully saturated rings. The van der Waals surface area contributed by atoms with Crippen LogP contribution in [0, 0.1) is 5.82 Å². The van der Waals surface area contributed by atoms with Crippen LogP contribution < -0.4 is 10.5 Å². The average molecular weight is 253 g/mol. The average Bonchev–Trinajstić information content (AvgIpc) is 2.39. The van der Waals surface area contributed by atoms with Crippen LogP contribution in [0.5, 0.6) is 5.75 Å². The van der Waals surface area contributed by atoms with Crippen molar-refractivity contribution in [1.29, 1.82) is 0 Å². The number of nitrogens with two attached hydrogens (primary N) is 1. The summed E-state index contributed by atoms with van der Waals surface area (Å²) >= 11 is 0. The number of hydrogen-bond donors (Lipinski definition) is 1. The van der Waals surface area contributed by atoms with E-state index >= 15 is 0 Å². The second kappa shape index (κ2) is 6.74. The van der Waals surface area contributed by atoms with E-state index in [0.717, 1.165) is 25.7 Å². The third-order valence-electron chi connectivity index (χ3n) is 3.54. The van der Waals surface area contributed by atoms with Gasteiger partial charge in [0.15, 0.2) is 11.6 Å². The van der Waals surface area contributed by atoms with Crippen molar-refractivity contribution in [1.82, 2.24) is 0 Å². The fraction of sp³-hybridized carbons (Fsp3) is 0.600. The van der Waals surface area contributed by atoms with Crippen LogP contribution in [-0.4, -0.2) is 12.6 Å². The quantitative estimate of drug-likeness (QED) is 0.804. The number of halogens is 1. The predicted octanol–water partition coefficient (Wildman–Crippen LogP) is 3.67. The van der Waals surface area contributed by atoms with Crippen molar-refractivity contribution in [3.63, 3.8) is 0 Å². The largest absolute Gasteiger partial charge is 0.494 e. The molecule has 0 saturated heterocycles. The number of rotatable bonds is 7. The summed E-state index contributed by atoms with van der Waals surface area (Å²) in [6, 6.07) is 5.24. The minimum Gasteiger partial charge on any atom is -0.494 e. The van der Waals surface area contributed by atoms with Gasteiger partial charge < -0.3 is 10.5 Å². The molecule has 1 aromatic rings. The summed E-state index contributed by atoms with van der Waals surface area (Å²) in [5.74, 6) is 0.0150. The molecular formula is C15H24FNO. The Morgan fingerprint density at radius 3 is 2.61 bits per heavy atom. The zero-order valence-electron chi connectivity index (χ0n) is 11.6. The van der Waals surface area contributed by atoms with Gasteiger partial charge in [-0.3, -0.25) is 0 Å². The standard InChI is InChI=1S/C15H24FNO/c1-4-6-10-15(17,5-2)11-12-8-7-9-13(18-3)14(12)16/h7-9H,4-6,10-11,17H2,1-3H3. The van der Waals surface area contributed by atoms with Crippen molar-refractivity contribution in [2.45, 2.75) is 51.5 Å². The van der Waals surface area contributed by atoms with Crippen molar-refractivity contribution in [3.8, 4) is 5.75 Å². The molecule has 2 nitrogen and oxygen atoms in total. The van der Waals surface area contributed by atoms with Crippen molar-refractivity contribution in [2.75, 3.05) is 7.11 Å². The van der Waals surface area contributed by atoms with E-state index in [-0.39, 0.29) is 11.4 Å². The van der Waals surface area contributed by atoms with Gasteiger partial charge in [-0.1, -0.05) is 38.8 Å². The molecule has 0 saturated carbocycles. The van der Waals surface area contributed by atoms with Gasteiger partial charge in [-0.15, -0.1) is 0 Å². The van der Waals surface area contributed by atoms with Gasteiger partial charge in [0.1, 0.15) is 0 Å². The number of methoxy groups -OCH3 is 1. The smallest absolute Gasteiger partial charge is 0.168 e. The van der Waals surface area contributed by atoms with E-state index in [1.165, 1.54) is 7.11 Å². The Labute approximate surface area is 109 Å². The maximum absolute atomic E-state index is 14.1. The van der Waals surface area contributed by atoms with Crippen LogP contribution in [0.15, 0.2) is 18.2 Å². The summed E-state index contributed by atoms with van der Waals surface area (Å²) in [7, 11) is 1.48. The normalized spacial score (nSPS) is 14.3. The Morgan fingerprint density at radius 1 is 1.33 bits per heavy atom. The first kappa shape index (κ1) is 15.0. The Morgan fingerprint density at radius 2 is 2.06 bits per heavy atom. The molecule has 0 aromatic heterocycles. The maximum atomic E-state index is 14.1.